The minimum Gasteiger partial charge on any atom is -0.392 e. The monoisotopic (exact) mass is 273 g/mol. The number of H-pyrrole nitrogens is 1. The molecule has 7 heteroatoms. The molecule has 0 aliphatic rings. The highest BCUT2D eigenvalue weighted by atomic mass is 32.2. The van der Waals surface area contributed by atoms with Crippen molar-refractivity contribution in [1.82, 2.24) is 14.5 Å². The number of sulfonamides is 1. The minimum absolute atomic E-state index is 0.0993. The molecule has 0 spiro atoms. The number of aliphatic hydroxyl groups is 1. The zero-order valence-corrected chi connectivity index (χ0v) is 11.5. The lowest BCUT2D eigenvalue weighted by atomic mass is 10.3. The van der Waals surface area contributed by atoms with Gasteiger partial charge in [-0.25, -0.2) is 8.42 Å². The molecule has 0 saturated heterocycles. The Kier molecular flexibility index (Phi) is 5.06. The molecule has 0 radical (unpaired) electrons. The van der Waals surface area contributed by atoms with Gasteiger partial charge in [-0.3, -0.25) is 5.10 Å². The first kappa shape index (κ1) is 14.9. The van der Waals surface area contributed by atoms with E-state index in [1.54, 1.807) is 6.92 Å². The number of nitrogens with zero attached hydrogens (tertiary/aromatic N) is 2. The maximum absolute atomic E-state index is 12.4. The summed E-state index contributed by atoms with van der Waals surface area (Å²) in [4.78, 5) is 0. The molecular weight excluding hydrogens is 254 g/mol. The second kappa shape index (κ2) is 6.12. The van der Waals surface area contributed by atoms with E-state index in [9.17, 15) is 13.5 Å². The van der Waals surface area contributed by atoms with E-state index in [2.05, 4.69) is 16.8 Å². The predicted molar refractivity (Wildman–Crippen MR) is 68.5 cm³/mol. The van der Waals surface area contributed by atoms with E-state index in [1.165, 1.54) is 10.4 Å². The van der Waals surface area contributed by atoms with Gasteiger partial charge in [-0.15, -0.1) is 6.58 Å². The first-order chi connectivity index (χ1) is 8.48. The SMILES string of the molecule is C=CCN(CCC)S(=O)(=O)c1n[nH]c(C)c1CO. The van der Waals surface area contributed by atoms with Gasteiger partial charge >= 0.3 is 0 Å². The van der Waals surface area contributed by atoms with Crippen molar-refractivity contribution in [3.63, 3.8) is 0 Å². The average molecular weight is 273 g/mol. The van der Waals surface area contributed by atoms with Crippen LogP contribution in [-0.2, 0) is 16.6 Å². The van der Waals surface area contributed by atoms with E-state index in [4.69, 9.17) is 0 Å². The van der Waals surface area contributed by atoms with Crippen LogP contribution in [0.15, 0.2) is 17.7 Å². The summed E-state index contributed by atoms with van der Waals surface area (Å²) in [6.45, 7) is 7.39. The molecule has 0 amide bonds. The third-order valence-electron chi connectivity index (χ3n) is 2.58. The number of hydrogen-bond acceptors (Lipinski definition) is 4. The lowest BCUT2D eigenvalue weighted by Crippen LogP contribution is -2.32. The van der Waals surface area contributed by atoms with Crippen LogP contribution in [0.5, 0.6) is 0 Å². The van der Waals surface area contributed by atoms with E-state index >= 15 is 0 Å². The number of aromatic amines is 1. The lowest BCUT2D eigenvalue weighted by molar-refractivity contribution is 0.277. The van der Waals surface area contributed by atoms with Crippen molar-refractivity contribution in [2.45, 2.75) is 31.9 Å². The number of aliphatic hydroxyl groups excluding tert-OH is 1. The summed E-state index contributed by atoms with van der Waals surface area (Å²) in [6, 6.07) is 0. The average Bonchev–Trinajstić information content (AvgIpc) is 2.70. The fourth-order valence-electron chi connectivity index (χ4n) is 1.65. The first-order valence-electron chi connectivity index (χ1n) is 5.74. The van der Waals surface area contributed by atoms with Gasteiger partial charge < -0.3 is 5.11 Å². The molecule has 0 fully saturated rings. The van der Waals surface area contributed by atoms with Crippen LogP contribution in [0.2, 0.25) is 0 Å². The van der Waals surface area contributed by atoms with Crippen molar-refractivity contribution >= 4 is 10.0 Å². The number of rotatable bonds is 7. The van der Waals surface area contributed by atoms with Gasteiger partial charge in [0.2, 0.25) is 0 Å². The van der Waals surface area contributed by atoms with Gasteiger partial charge in [0.05, 0.1) is 6.61 Å². The molecule has 0 aliphatic heterocycles. The molecule has 0 bridgehead atoms. The number of hydrogen-bond donors (Lipinski definition) is 2. The largest absolute Gasteiger partial charge is 0.392 e. The highest BCUT2D eigenvalue weighted by molar-refractivity contribution is 7.89. The van der Waals surface area contributed by atoms with Crippen LogP contribution >= 0.6 is 0 Å². The first-order valence-corrected chi connectivity index (χ1v) is 7.18. The predicted octanol–water partition coefficient (Wildman–Crippen LogP) is 0.797. The molecule has 1 rings (SSSR count). The van der Waals surface area contributed by atoms with Gasteiger partial charge in [-0.2, -0.15) is 9.40 Å². The molecule has 18 heavy (non-hydrogen) atoms. The number of aryl methyl sites for hydroxylation is 1. The zero-order valence-electron chi connectivity index (χ0n) is 10.7. The molecule has 2 N–H and O–H groups in total. The fourth-order valence-corrected chi connectivity index (χ4v) is 3.31. The normalized spacial score (nSPS) is 12.0. The van der Waals surface area contributed by atoms with Crippen LogP contribution < -0.4 is 0 Å². The Morgan fingerprint density at radius 3 is 2.72 bits per heavy atom. The van der Waals surface area contributed by atoms with Gasteiger partial charge in [-0.05, 0) is 13.3 Å². The summed E-state index contributed by atoms with van der Waals surface area (Å²) in [7, 11) is -3.69. The van der Waals surface area contributed by atoms with Crippen LogP contribution in [0.1, 0.15) is 24.6 Å². The standard InChI is InChI=1S/C11H19N3O3S/c1-4-6-14(7-5-2)18(16,17)11-10(8-15)9(3)12-13-11/h4,15H,1,5-8H2,2-3H3,(H,12,13). The van der Waals surface area contributed by atoms with Gasteiger partial charge in [0.25, 0.3) is 10.0 Å². The van der Waals surface area contributed by atoms with Crippen molar-refractivity contribution in [2.75, 3.05) is 13.1 Å². The fraction of sp³-hybridized carbons (Fsp3) is 0.545. The van der Waals surface area contributed by atoms with Crippen molar-refractivity contribution in [2.24, 2.45) is 0 Å². The molecule has 0 aliphatic carbocycles. The minimum atomic E-state index is -3.69. The van der Waals surface area contributed by atoms with Crippen LogP contribution in [-0.4, -0.2) is 41.1 Å². The molecule has 0 aromatic carbocycles. The Hall–Kier alpha value is -1.18. The van der Waals surface area contributed by atoms with E-state index in [0.717, 1.165) is 0 Å². The zero-order chi connectivity index (χ0) is 13.8. The molecule has 6 nitrogen and oxygen atoms in total. The highest BCUT2D eigenvalue weighted by Crippen LogP contribution is 2.20. The lowest BCUT2D eigenvalue weighted by Gasteiger charge is -2.19. The molecule has 1 heterocycles. The summed E-state index contributed by atoms with van der Waals surface area (Å²) in [5, 5.41) is 15.5. The number of aromatic nitrogens is 2. The third kappa shape index (κ3) is 2.80. The Labute approximate surface area is 107 Å². The quantitative estimate of drug-likeness (QED) is 0.719. The third-order valence-corrected chi connectivity index (χ3v) is 4.42. The molecule has 0 saturated carbocycles. The summed E-state index contributed by atoms with van der Waals surface area (Å²) in [5.41, 5.74) is 0.881. The Morgan fingerprint density at radius 1 is 1.56 bits per heavy atom. The van der Waals surface area contributed by atoms with Crippen molar-refractivity contribution in [3.8, 4) is 0 Å². The van der Waals surface area contributed by atoms with Gasteiger partial charge in [-0.1, -0.05) is 13.0 Å². The summed E-state index contributed by atoms with van der Waals surface area (Å²) >= 11 is 0. The van der Waals surface area contributed by atoms with Crippen LogP contribution in [0.3, 0.4) is 0 Å². The molecule has 0 unspecified atom stereocenters. The molecule has 0 atom stereocenters. The van der Waals surface area contributed by atoms with E-state index in [1.807, 2.05) is 6.92 Å². The second-order valence-corrected chi connectivity index (χ2v) is 5.80. The Bertz CT molecular complexity index is 508. The highest BCUT2D eigenvalue weighted by Gasteiger charge is 2.29. The van der Waals surface area contributed by atoms with Gasteiger partial charge in [0.15, 0.2) is 5.03 Å². The second-order valence-electron chi connectivity index (χ2n) is 3.94. The van der Waals surface area contributed by atoms with E-state index in [0.29, 0.717) is 24.2 Å². The molecule has 1 aromatic rings. The van der Waals surface area contributed by atoms with Crippen molar-refractivity contribution in [1.29, 1.82) is 0 Å². The molecular formula is C11H19N3O3S. The van der Waals surface area contributed by atoms with E-state index in [-0.39, 0.29) is 18.2 Å². The Balaban J connectivity index is 3.21. The summed E-state index contributed by atoms with van der Waals surface area (Å²) in [6.07, 6.45) is 2.23. The van der Waals surface area contributed by atoms with Gasteiger partial charge in [0.1, 0.15) is 0 Å². The van der Waals surface area contributed by atoms with Crippen LogP contribution in [0.25, 0.3) is 0 Å². The number of nitrogens with one attached hydrogen (secondary N) is 1. The van der Waals surface area contributed by atoms with Crippen molar-refractivity contribution < 1.29 is 13.5 Å². The van der Waals surface area contributed by atoms with Crippen molar-refractivity contribution in [3.05, 3.63) is 23.9 Å². The van der Waals surface area contributed by atoms with E-state index < -0.39 is 10.0 Å². The molecule has 1 aromatic heterocycles. The van der Waals surface area contributed by atoms with Crippen LogP contribution in [0, 0.1) is 6.92 Å². The maximum Gasteiger partial charge on any atom is 0.263 e. The smallest absolute Gasteiger partial charge is 0.263 e. The molecule has 102 valence electrons. The van der Waals surface area contributed by atoms with Gasteiger partial charge in [0, 0.05) is 24.3 Å². The van der Waals surface area contributed by atoms with Crippen LogP contribution in [0.4, 0.5) is 0 Å². The summed E-state index contributed by atoms with van der Waals surface area (Å²) in [5.74, 6) is 0. The summed E-state index contributed by atoms with van der Waals surface area (Å²) < 4.78 is 26.1. The topological polar surface area (TPSA) is 86.3 Å². The maximum atomic E-state index is 12.4. The Morgan fingerprint density at radius 2 is 2.22 bits per heavy atom.